The van der Waals surface area contributed by atoms with E-state index in [-0.39, 0.29) is 12.5 Å². The van der Waals surface area contributed by atoms with E-state index in [4.69, 9.17) is 10.00 Å². The fourth-order valence-corrected chi connectivity index (χ4v) is 3.72. The predicted molar refractivity (Wildman–Crippen MR) is 107 cm³/mol. The van der Waals surface area contributed by atoms with Crippen LogP contribution in [0.1, 0.15) is 36.8 Å². The molecule has 28 heavy (non-hydrogen) atoms. The molecule has 0 bridgehead atoms. The van der Waals surface area contributed by atoms with Crippen molar-refractivity contribution in [1.29, 1.82) is 5.26 Å². The van der Waals surface area contributed by atoms with Crippen LogP contribution >= 0.6 is 15.9 Å². The van der Waals surface area contributed by atoms with Crippen molar-refractivity contribution in [1.82, 2.24) is 10.9 Å². The normalized spacial score (nSPS) is 14.7. The van der Waals surface area contributed by atoms with Crippen molar-refractivity contribution in [3.05, 3.63) is 64.1 Å². The Kier molecular flexibility index (Phi) is 6.32. The highest BCUT2D eigenvalue weighted by Gasteiger charge is 2.42. The topological polar surface area (TPSA) is 91.2 Å². The van der Waals surface area contributed by atoms with Crippen LogP contribution in [0.5, 0.6) is 5.75 Å². The molecule has 6 nitrogen and oxygen atoms in total. The molecule has 7 heteroatoms. The van der Waals surface area contributed by atoms with E-state index in [1.165, 1.54) is 0 Å². The number of halogens is 1. The van der Waals surface area contributed by atoms with Crippen LogP contribution in [0.2, 0.25) is 0 Å². The molecule has 1 aliphatic rings. The molecule has 0 saturated heterocycles. The second-order valence-electron chi connectivity index (χ2n) is 6.72. The van der Waals surface area contributed by atoms with Gasteiger partial charge in [0.2, 0.25) is 5.91 Å². The smallest absolute Gasteiger partial charge is 0.276 e. The lowest BCUT2D eigenvalue weighted by Gasteiger charge is -2.28. The first-order chi connectivity index (χ1) is 13.5. The molecule has 2 amide bonds. The van der Waals surface area contributed by atoms with E-state index in [1.807, 2.05) is 30.3 Å². The second kappa shape index (κ2) is 8.89. The molecule has 0 spiro atoms. The minimum absolute atomic E-state index is 0.209. The maximum Gasteiger partial charge on any atom is 0.276 e. The average Bonchev–Trinajstić information content (AvgIpc) is 3.22. The maximum absolute atomic E-state index is 12.9. The molecule has 1 saturated carbocycles. The van der Waals surface area contributed by atoms with Gasteiger partial charge < -0.3 is 4.74 Å². The van der Waals surface area contributed by atoms with Crippen molar-refractivity contribution < 1.29 is 14.3 Å². The summed E-state index contributed by atoms with van der Waals surface area (Å²) < 4.78 is 6.33. The van der Waals surface area contributed by atoms with Gasteiger partial charge in [-0.05, 0) is 54.8 Å². The van der Waals surface area contributed by atoms with Crippen molar-refractivity contribution in [2.45, 2.75) is 31.1 Å². The maximum atomic E-state index is 12.9. The van der Waals surface area contributed by atoms with E-state index in [0.29, 0.717) is 11.3 Å². The van der Waals surface area contributed by atoms with Crippen molar-refractivity contribution >= 4 is 27.7 Å². The third kappa shape index (κ3) is 4.52. The SMILES string of the molecule is N#Cc1ccc(OCC(=O)NNC(=O)C2(c3ccc(Br)cc3)CCCC2)cc1. The summed E-state index contributed by atoms with van der Waals surface area (Å²) in [7, 11) is 0. The Labute approximate surface area is 172 Å². The van der Waals surface area contributed by atoms with Crippen molar-refractivity contribution in [3.63, 3.8) is 0 Å². The van der Waals surface area contributed by atoms with E-state index < -0.39 is 11.3 Å². The number of carbonyl (C=O) groups is 2. The lowest BCUT2D eigenvalue weighted by molar-refractivity contribution is -0.133. The highest BCUT2D eigenvalue weighted by Crippen LogP contribution is 2.41. The molecule has 2 aromatic carbocycles. The first-order valence-corrected chi connectivity index (χ1v) is 9.81. The number of amides is 2. The number of benzene rings is 2. The lowest BCUT2D eigenvalue weighted by atomic mass is 9.78. The predicted octanol–water partition coefficient (Wildman–Crippen LogP) is 3.36. The van der Waals surface area contributed by atoms with Gasteiger partial charge in [-0.1, -0.05) is 40.9 Å². The van der Waals surface area contributed by atoms with Crippen molar-refractivity contribution in [3.8, 4) is 11.8 Å². The molecule has 0 radical (unpaired) electrons. The molecule has 1 fully saturated rings. The van der Waals surface area contributed by atoms with Crippen LogP contribution in [0, 0.1) is 11.3 Å². The largest absolute Gasteiger partial charge is 0.484 e. The number of carbonyl (C=O) groups excluding carboxylic acids is 2. The zero-order valence-corrected chi connectivity index (χ0v) is 16.8. The van der Waals surface area contributed by atoms with Crippen LogP contribution in [-0.2, 0) is 15.0 Å². The number of hydrogen-bond acceptors (Lipinski definition) is 4. The Balaban J connectivity index is 1.56. The van der Waals surface area contributed by atoms with Gasteiger partial charge in [0.05, 0.1) is 17.0 Å². The summed E-state index contributed by atoms with van der Waals surface area (Å²) in [6.45, 7) is -0.239. The molecular formula is C21H20BrN3O3. The summed E-state index contributed by atoms with van der Waals surface area (Å²) in [6, 6.07) is 16.2. The Morgan fingerprint density at radius 3 is 2.29 bits per heavy atom. The van der Waals surface area contributed by atoms with Gasteiger partial charge in [0.15, 0.2) is 6.61 Å². The number of hydrogen-bond donors (Lipinski definition) is 2. The van der Waals surface area contributed by atoms with Crippen LogP contribution in [0.3, 0.4) is 0 Å². The monoisotopic (exact) mass is 441 g/mol. The number of nitriles is 1. The number of nitrogens with zero attached hydrogens (tertiary/aromatic N) is 1. The minimum atomic E-state index is -0.623. The summed E-state index contributed by atoms with van der Waals surface area (Å²) >= 11 is 3.42. The fourth-order valence-electron chi connectivity index (χ4n) is 3.45. The molecule has 2 aromatic rings. The Bertz CT molecular complexity index is 883. The zero-order valence-electron chi connectivity index (χ0n) is 15.2. The van der Waals surface area contributed by atoms with Crippen LogP contribution in [0.15, 0.2) is 53.0 Å². The molecule has 1 aliphatic carbocycles. The zero-order chi connectivity index (χ0) is 20.0. The second-order valence-corrected chi connectivity index (χ2v) is 7.64. The summed E-state index contributed by atoms with van der Waals surface area (Å²) in [5, 5.41) is 8.78. The quantitative estimate of drug-likeness (QED) is 0.695. The standard InChI is InChI=1S/C21H20BrN3O3/c22-17-7-5-16(6-8-17)21(11-1-2-12-21)20(27)25-24-19(26)14-28-18-9-3-15(13-23)4-10-18/h3-10H,1-2,11-12,14H2,(H,24,26)(H,25,27). The van der Waals surface area contributed by atoms with Crippen LogP contribution < -0.4 is 15.6 Å². The van der Waals surface area contributed by atoms with E-state index in [2.05, 4.69) is 26.8 Å². The number of nitrogens with one attached hydrogen (secondary N) is 2. The highest BCUT2D eigenvalue weighted by atomic mass is 79.9. The third-order valence-corrected chi connectivity index (χ3v) is 5.49. The first-order valence-electron chi connectivity index (χ1n) is 9.02. The molecular weight excluding hydrogens is 422 g/mol. The molecule has 0 aromatic heterocycles. The third-order valence-electron chi connectivity index (χ3n) is 4.96. The highest BCUT2D eigenvalue weighted by molar-refractivity contribution is 9.10. The van der Waals surface area contributed by atoms with E-state index in [9.17, 15) is 9.59 Å². The van der Waals surface area contributed by atoms with E-state index in [1.54, 1.807) is 24.3 Å². The molecule has 144 valence electrons. The van der Waals surface area contributed by atoms with Crippen LogP contribution in [0.25, 0.3) is 0 Å². The Morgan fingerprint density at radius 2 is 1.68 bits per heavy atom. The summed E-state index contributed by atoms with van der Waals surface area (Å²) in [5.41, 5.74) is 5.83. The Hall–Kier alpha value is -2.85. The van der Waals surface area contributed by atoms with Gasteiger partial charge in [-0.2, -0.15) is 5.26 Å². The minimum Gasteiger partial charge on any atom is -0.484 e. The van der Waals surface area contributed by atoms with E-state index >= 15 is 0 Å². The van der Waals surface area contributed by atoms with Crippen molar-refractivity contribution in [2.75, 3.05) is 6.61 Å². The molecule has 2 N–H and O–H groups in total. The number of rotatable bonds is 5. The van der Waals surface area contributed by atoms with Crippen LogP contribution in [0.4, 0.5) is 0 Å². The average molecular weight is 442 g/mol. The number of hydrazine groups is 1. The molecule has 0 aliphatic heterocycles. The summed E-state index contributed by atoms with van der Waals surface area (Å²) in [4.78, 5) is 24.9. The number of ether oxygens (including phenoxy) is 1. The van der Waals surface area contributed by atoms with E-state index in [0.717, 1.165) is 35.7 Å². The molecule has 0 unspecified atom stereocenters. The summed E-state index contributed by atoms with van der Waals surface area (Å²) in [5.74, 6) is -0.191. The summed E-state index contributed by atoms with van der Waals surface area (Å²) in [6.07, 6.45) is 3.44. The molecule has 3 rings (SSSR count). The van der Waals surface area contributed by atoms with Crippen molar-refractivity contribution in [2.24, 2.45) is 0 Å². The molecule has 0 atom stereocenters. The van der Waals surface area contributed by atoms with Gasteiger partial charge >= 0.3 is 0 Å². The van der Waals surface area contributed by atoms with Gasteiger partial charge in [-0.25, -0.2) is 0 Å². The van der Waals surface area contributed by atoms with Gasteiger partial charge in [-0.3, -0.25) is 20.4 Å². The molecule has 0 heterocycles. The first kappa shape index (κ1) is 19.9. The lowest BCUT2D eigenvalue weighted by Crippen LogP contribution is -2.51. The van der Waals surface area contributed by atoms with Gasteiger partial charge in [-0.15, -0.1) is 0 Å². The Morgan fingerprint density at radius 1 is 1.04 bits per heavy atom. The van der Waals surface area contributed by atoms with Gasteiger partial charge in [0.25, 0.3) is 5.91 Å². The van der Waals surface area contributed by atoms with Gasteiger partial charge in [0.1, 0.15) is 5.75 Å². The van der Waals surface area contributed by atoms with Crippen LogP contribution in [-0.4, -0.2) is 18.4 Å². The fraction of sp³-hybridized carbons (Fsp3) is 0.286. The van der Waals surface area contributed by atoms with Gasteiger partial charge in [0, 0.05) is 4.47 Å².